The second-order valence-corrected chi connectivity index (χ2v) is 7.60. The Morgan fingerprint density at radius 2 is 2.00 bits per heavy atom. The number of thioether (sulfide) groups is 1. The summed E-state index contributed by atoms with van der Waals surface area (Å²) in [6.07, 6.45) is 0. The minimum Gasteiger partial charge on any atom is -0.497 e. The summed E-state index contributed by atoms with van der Waals surface area (Å²) in [5, 5.41) is 11.9. The third-order valence-electron chi connectivity index (χ3n) is 3.57. The van der Waals surface area contributed by atoms with Crippen molar-refractivity contribution < 1.29 is 9.53 Å². The Balaban J connectivity index is 1.69. The topological polar surface area (TPSA) is 69.0 Å². The van der Waals surface area contributed by atoms with Crippen LogP contribution in [-0.4, -0.2) is 33.5 Å². The fraction of sp³-hybridized carbons (Fsp3) is 0.167. The molecule has 2 aromatic carbocycles. The highest BCUT2D eigenvalue weighted by Crippen LogP contribution is 2.23. The summed E-state index contributed by atoms with van der Waals surface area (Å²) < 4.78 is 8.18. The van der Waals surface area contributed by atoms with Gasteiger partial charge in [-0.25, -0.2) is 0 Å². The third kappa shape index (κ3) is 4.55. The quantitative estimate of drug-likeness (QED) is 0.428. The molecule has 0 spiro atoms. The Kier molecular flexibility index (Phi) is 6.15. The predicted molar refractivity (Wildman–Crippen MR) is 111 cm³/mol. The van der Waals surface area contributed by atoms with Gasteiger partial charge in [0.25, 0.3) is 0 Å². The van der Waals surface area contributed by atoms with Crippen LogP contribution in [0.5, 0.6) is 5.75 Å². The van der Waals surface area contributed by atoms with Gasteiger partial charge in [0.05, 0.1) is 12.9 Å². The van der Waals surface area contributed by atoms with Crippen LogP contribution in [-0.2, 0) is 4.79 Å². The van der Waals surface area contributed by atoms with Crippen molar-refractivity contribution >= 4 is 45.9 Å². The van der Waals surface area contributed by atoms with Crippen molar-refractivity contribution in [2.45, 2.75) is 12.1 Å². The highest BCUT2D eigenvalue weighted by Gasteiger charge is 2.13. The van der Waals surface area contributed by atoms with Crippen LogP contribution >= 0.6 is 34.4 Å². The van der Waals surface area contributed by atoms with Gasteiger partial charge in [0.2, 0.25) is 5.91 Å². The van der Waals surface area contributed by atoms with Crippen molar-refractivity contribution in [3.8, 4) is 11.4 Å². The molecule has 0 radical (unpaired) electrons. The number of amides is 1. The van der Waals surface area contributed by atoms with Gasteiger partial charge in [-0.1, -0.05) is 17.8 Å². The summed E-state index contributed by atoms with van der Waals surface area (Å²) in [5.74, 6) is 1.71. The van der Waals surface area contributed by atoms with E-state index in [4.69, 9.17) is 4.74 Å². The number of methoxy groups -OCH3 is 1. The lowest BCUT2D eigenvalue weighted by Crippen LogP contribution is -2.14. The number of nitrogens with zero attached hydrogens (tertiary/aromatic N) is 3. The number of aromatic nitrogens is 3. The van der Waals surface area contributed by atoms with Crippen LogP contribution in [0.15, 0.2) is 53.7 Å². The maximum absolute atomic E-state index is 12.2. The minimum atomic E-state index is -0.0843. The second-order valence-electron chi connectivity index (χ2n) is 5.41. The molecule has 0 aliphatic carbocycles. The molecule has 0 aliphatic heterocycles. The van der Waals surface area contributed by atoms with Crippen LogP contribution in [0, 0.1) is 10.5 Å². The Hall–Kier alpha value is -2.07. The molecule has 0 saturated heterocycles. The molecule has 134 valence electrons. The number of hydrogen-bond donors (Lipinski definition) is 1. The van der Waals surface area contributed by atoms with E-state index in [2.05, 4.69) is 38.1 Å². The molecule has 3 aromatic rings. The monoisotopic (exact) mass is 480 g/mol. The third-order valence-corrected chi connectivity index (χ3v) is 5.17. The van der Waals surface area contributed by atoms with E-state index in [1.54, 1.807) is 7.11 Å². The molecule has 1 N–H and O–H groups in total. The second kappa shape index (κ2) is 8.54. The van der Waals surface area contributed by atoms with E-state index >= 15 is 0 Å². The maximum Gasteiger partial charge on any atom is 0.234 e. The van der Waals surface area contributed by atoms with Gasteiger partial charge >= 0.3 is 0 Å². The first-order valence-corrected chi connectivity index (χ1v) is 9.88. The summed E-state index contributed by atoms with van der Waals surface area (Å²) in [6.45, 7) is 1.88. The summed E-state index contributed by atoms with van der Waals surface area (Å²) in [7, 11) is 1.63. The molecule has 0 bridgehead atoms. The molecule has 26 heavy (non-hydrogen) atoms. The van der Waals surface area contributed by atoms with Crippen LogP contribution in [0.2, 0.25) is 0 Å². The summed E-state index contributed by atoms with van der Waals surface area (Å²) in [5.41, 5.74) is 1.71. The van der Waals surface area contributed by atoms with E-state index in [0.717, 1.165) is 26.5 Å². The van der Waals surface area contributed by atoms with Crippen molar-refractivity contribution in [2.75, 3.05) is 18.2 Å². The SMILES string of the molecule is COc1ccc(-n2c(C)nnc2SCC(=O)Nc2cccc(I)c2)cc1. The van der Waals surface area contributed by atoms with E-state index < -0.39 is 0 Å². The molecule has 0 unspecified atom stereocenters. The molecule has 0 aliphatic rings. The zero-order valence-electron chi connectivity index (χ0n) is 14.3. The lowest BCUT2D eigenvalue weighted by atomic mass is 10.3. The van der Waals surface area contributed by atoms with Crippen molar-refractivity contribution in [3.63, 3.8) is 0 Å². The zero-order valence-corrected chi connectivity index (χ0v) is 17.2. The van der Waals surface area contributed by atoms with Crippen LogP contribution in [0.4, 0.5) is 5.69 Å². The van der Waals surface area contributed by atoms with Crippen LogP contribution in [0.25, 0.3) is 5.69 Å². The first-order valence-electron chi connectivity index (χ1n) is 7.81. The van der Waals surface area contributed by atoms with Gasteiger partial charge in [0.1, 0.15) is 11.6 Å². The van der Waals surface area contributed by atoms with E-state index in [1.165, 1.54) is 11.8 Å². The Bertz CT molecular complexity index is 912. The molecular formula is C18H17IN4O2S. The zero-order chi connectivity index (χ0) is 18.5. The number of halogens is 1. The fourth-order valence-corrected chi connectivity index (χ4v) is 3.70. The smallest absolute Gasteiger partial charge is 0.234 e. The highest BCUT2D eigenvalue weighted by atomic mass is 127. The number of carbonyl (C=O) groups excluding carboxylic acids is 1. The number of rotatable bonds is 6. The number of nitrogens with one attached hydrogen (secondary N) is 1. The van der Waals surface area contributed by atoms with Crippen molar-refractivity contribution in [2.24, 2.45) is 0 Å². The Morgan fingerprint density at radius 1 is 1.23 bits per heavy atom. The average Bonchev–Trinajstić information content (AvgIpc) is 3.00. The maximum atomic E-state index is 12.2. The largest absolute Gasteiger partial charge is 0.497 e. The van der Waals surface area contributed by atoms with Crippen molar-refractivity contribution in [3.05, 3.63) is 57.9 Å². The summed E-state index contributed by atoms with van der Waals surface area (Å²) >= 11 is 3.56. The van der Waals surface area contributed by atoms with Crippen LogP contribution in [0.1, 0.15) is 5.82 Å². The summed E-state index contributed by atoms with van der Waals surface area (Å²) in [4.78, 5) is 12.2. The van der Waals surface area contributed by atoms with Crippen LogP contribution in [0.3, 0.4) is 0 Å². The number of aryl methyl sites for hydroxylation is 1. The normalized spacial score (nSPS) is 10.6. The van der Waals surface area contributed by atoms with E-state index in [1.807, 2.05) is 60.0 Å². The Labute approximate surface area is 169 Å². The van der Waals surface area contributed by atoms with Gasteiger partial charge in [-0.2, -0.15) is 0 Å². The lowest BCUT2D eigenvalue weighted by Gasteiger charge is -2.09. The first kappa shape index (κ1) is 18.7. The van der Waals surface area contributed by atoms with Gasteiger partial charge in [-0.15, -0.1) is 10.2 Å². The molecular weight excluding hydrogens is 463 g/mol. The van der Waals surface area contributed by atoms with Gasteiger partial charge in [-0.05, 0) is 72.0 Å². The standard InChI is InChI=1S/C18H17IN4O2S/c1-12-21-22-18(23(12)15-6-8-16(25-2)9-7-15)26-11-17(24)20-14-5-3-4-13(19)10-14/h3-10H,11H2,1-2H3,(H,20,24). The van der Waals surface area contributed by atoms with Crippen molar-refractivity contribution in [1.82, 2.24) is 14.8 Å². The molecule has 0 atom stereocenters. The molecule has 0 fully saturated rings. The molecule has 1 heterocycles. The van der Waals surface area contributed by atoms with E-state index in [0.29, 0.717) is 5.16 Å². The molecule has 6 nitrogen and oxygen atoms in total. The number of ether oxygens (including phenoxy) is 1. The van der Waals surface area contributed by atoms with E-state index in [-0.39, 0.29) is 11.7 Å². The van der Waals surface area contributed by atoms with Gasteiger partial charge < -0.3 is 10.1 Å². The highest BCUT2D eigenvalue weighted by molar-refractivity contribution is 14.1. The molecule has 8 heteroatoms. The Morgan fingerprint density at radius 3 is 2.69 bits per heavy atom. The predicted octanol–water partition coefficient (Wildman–Crippen LogP) is 3.92. The van der Waals surface area contributed by atoms with Gasteiger partial charge in [-0.3, -0.25) is 9.36 Å². The van der Waals surface area contributed by atoms with Gasteiger partial charge in [0, 0.05) is 14.9 Å². The number of hydrogen-bond acceptors (Lipinski definition) is 5. The fourth-order valence-electron chi connectivity index (χ4n) is 2.36. The number of benzene rings is 2. The molecule has 3 rings (SSSR count). The number of carbonyl (C=O) groups is 1. The minimum absolute atomic E-state index is 0.0843. The molecule has 1 aromatic heterocycles. The molecule has 0 saturated carbocycles. The lowest BCUT2D eigenvalue weighted by molar-refractivity contribution is -0.113. The van der Waals surface area contributed by atoms with Gasteiger partial charge in [0.15, 0.2) is 5.16 Å². The average molecular weight is 480 g/mol. The summed E-state index contributed by atoms with van der Waals surface area (Å²) in [6, 6.07) is 15.3. The number of anilines is 1. The van der Waals surface area contributed by atoms with Crippen LogP contribution < -0.4 is 10.1 Å². The van der Waals surface area contributed by atoms with Crippen molar-refractivity contribution in [1.29, 1.82) is 0 Å². The first-order chi connectivity index (χ1) is 12.6. The van der Waals surface area contributed by atoms with E-state index in [9.17, 15) is 4.79 Å². The molecule has 1 amide bonds.